The average Bonchev–Trinajstić information content (AvgIpc) is 2.68. The smallest absolute Gasteiger partial charge is 0.381 e. The maximum absolute atomic E-state index is 13.6. The van der Waals surface area contributed by atoms with E-state index < -0.39 is 54.1 Å². The minimum absolute atomic E-state index is 0.0371. The number of hydrogen-bond donors (Lipinski definition) is 3. The lowest BCUT2D eigenvalue weighted by atomic mass is 9.91. The molecule has 4 nitrogen and oxygen atoms in total. The molecule has 0 aliphatic carbocycles. The molecule has 0 aliphatic heterocycles. The number of carbonyl (C=O) groups is 1. The van der Waals surface area contributed by atoms with Gasteiger partial charge in [0.05, 0.1) is 12.1 Å². The Balaban J connectivity index is 2.11. The van der Waals surface area contributed by atoms with Gasteiger partial charge < -0.3 is 15.7 Å². The Hall–Kier alpha value is -2.96. The van der Waals surface area contributed by atoms with Crippen molar-refractivity contribution in [2.24, 2.45) is 0 Å². The van der Waals surface area contributed by atoms with Crippen molar-refractivity contribution in [3.05, 3.63) is 65.2 Å². The topological polar surface area (TPSA) is 61.4 Å². The van der Waals surface area contributed by atoms with E-state index in [9.17, 15) is 49.4 Å². The van der Waals surface area contributed by atoms with Gasteiger partial charge in [0, 0.05) is 12.2 Å². The number of rotatable bonds is 7. The molecule has 0 saturated carbocycles. The normalized spacial score (nSPS) is 14.5. The second kappa shape index (κ2) is 9.49. The third kappa shape index (κ3) is 7.27. The van der Waals surface area contributed by atoms with Crippen LogP contribution < -0.4 is 10.6 Å². The van der Waals surface area contributed by atoms with Crippen LogP contribution in [0.5, 0.6) is 0 Å². The molecule has 0 radical (unpaired) electrons. The fourth-order valence-electron chi connectivity index (χ4n) is 2.73. The largest absolute Gasteiger partial charge is 0.423 e. The Morgan fingerprint density at radius 1 is 0.848 bits per heavy atom. The molecule has 1 atom stereocenters. The molecule has 0 fully saturated rings. The highest BCUT2D eigenvalue weighted by atomic mass is 19.4. The highest BCUT2D eigenvalue weighted by Gasteiger charge is 2.55. The Kier molecular flexibility index (Phi) is 7.56. The number of benzene rings is 2. The number of amides is 1. The van der Waals surface area contributed by atoms with Crippen LogP contribution in [0.4, 0.5) is 45.2 Å². The number of hydrogen-bond acceptors (Lipinski definition) is 3. The summed E-state index contributed by atoms with van der Waals surface area (Å²) in [6, 6.07) is 7.30. The standard InChI is InChI=1S/C20H17F9N2O2/c21-18(22,23)9-16(32)30-10-12-4-6-15(7-5-12)31-11-17(33,20(27,28)29)13-2-1-3-14(8-13)19(24,25)26/h1-8,31,33H,9-11H2,(H,30,32)/t17-/m1/s1. The lowest BCUT2D eigenvalue weighted by Crippen LogP contribution is -2.47. The van der Waals surface area contributed by atoms with Crippen molar-refractivity contribution in [3.8, 4) is 0 Å². The molecular formula is C20H17F9N2O2. The SMILES string of the molecule is O=C(CC(F)(F)F)NCc1ccc(NC[C@@](O)(c2cccc(C(F)(F)F)c2)C(F)(F)F)cc1. The molecule has 0 heterocycles. The maximum atomic E-state index is 13.6. The van der Waals surface area contributed by atoms with Crippen LogP contribution in [-0.2, 0) is 23.1 Å². The molecule has 0 aliphatic rings. The minimum atomic E-state index is -5.33. The van der Waals surface area contributed by atoms with E-state index in [-0.39, 0.29) is 18.3 Å². The Morgan fingerprint density at radius 2 is 1.42 bits per heavy atom. The molecule has 0 aromatic heterocycles. The first-order valence-corrected chi connectivity index (χ1v) is 9.14. The fraction of sp³-hybridized carbons (Fsp3) is 0.350. The quantitative estimate of drug-likeness (QED) is 0.474. The predicted octanol–water partition coefficient (Wildman–Crippen LogP) is 5.14. The molecular weight excluding hydrogens is 471 g/mol. The average molecular weight is 488 g/mol. The van der Waals surface area contributed by atoms with E-state index in [1.807, 2.05) is 5.32 Å². The first kappa shape index (κ1) is 26.3. The van der Waals surface area contributed by atoms with Crippen LogP contribution in [-0.4, -0.2) is 29.9 Å². The molecule has 182 valence electrons. The van der Waals surface area contributed by atoms with Gasteiger partial charge in [0.2, 0.25) is 11.5 Å². The van der Waals surface area contributed by atoms with Crippen molar-refractivity contribution in [1.82, 2.24) is 5.32 Å². The Bertz CT molecular complexity index is 954. The van der Waals surface area contributed by atoms with E-state index in [0.29, 0.717) is 11.6 Å². The zero-order valence-electron chi connectivity index (χ0n) is 16.5. The molecule has 2 aromatic carbocycles. The molecule has 13 heteroatoms. The minimum Gasteiger partial charge on any atom is -0.381 e. The van der Waals surface area contributed by atoms with Gasteiger partial charge in [-0.2, -0.15) is 39.5 Å². The van der Waals surface area contributed by atoms with Crippen LogP contribution in [0.2, 0.25) is 0 Å². The highest BCUT2D eigenvalue weighted by Crippen LogP contribution is 2.41. The van der Waals surface area contributed by atoms with Crippen molar-refractivity contribution in [1.29, 1.82) is 0 Å². The summed E-state index contributed by atoms with van der Waals surface area (Å²) in [5, 5.41) is 14.6. The number of nitrogens with one attached hydrogen (secondary N) is 2. The van der Waals surface area contributed by atoms with E-state index in [1.165, 1.54) is 24.3 Å². The summed E-state index contributed by atoms with van der Waals surface area (Å²) in [6.45, 7) is -1.49. The second-order valence-corrected chi connectivity index (χ2v) is 7.06. The summed E-state index contributed by atoms with van der Waals surface area (Å²) in [4.78, 5) is 11.2. The van der Waals surface area contributed by atoms with Gasteiger partial charge in [-0.3, -0.25) is 4.79 Å². The Morgan fingerprint density at radius 3 is 1.94 bits per heavy atom. The van der Waals surface area contributed by atoms with Gasteiger partial charge in [0.1, 0.15) is 6.42 Å². The molecule has 0 spiro atoms. The molecule has 33 heavy (non-hydrogen) atoms. The van der Waals surface area contributed by atoms with Crippen molar-refractivity contribution in [3.63, 3.8) is 0 Å². The van der Waals surface area contributed by atoms with Crippen LogP contribution in [0.25, 0.3) is 0 Å². The number of anilines is 1. The van der Waals surface area contributed by atoms with Crippen LogP contribution in [0.3, 0.4) is 0 Å². The number of carbonyl (C=O) groups excluding carboxylic acids is 1. The van der Waals surface area contributed by atoms with Gasteiger partial charge in [-0.05, 0) is 35.4 Å². The van der Waals surface area contributed by atoms with Crippen molar-refractivity contribution < 1.29 is 49.4 Å². The van der Waals surface area contributed by atoms with Crippen LogP contribution in [0.15, 0.2) is 48.5 Å². The number of halogens is 9. The molecule has 2 aromatic rings. The molecule has 0 saturated heterocycles. The van der Waals surface area contributed by atoms with Gasteiger partial charge in [-0.1, -0.05) is 24.3 Å². The first-order chi connectivity index (χ1) is 15.0. The Labute approximate surface area is 181 Å². The van der Waals surface area contributed by atoms with E-state index in [0.717, 1.165) is 12.1 Å². The van der Waals surface area contributed by atoms with Crippen molar-refractivity contribution in [2.45, 2.75) is 37.1 Å². The van der Waals surface area contributed by atoms with E-state index >= 15 is 0 Å². The van der Waals surface area contributed by atoms with E-state index in [2.05, 4.69) is 5.32 Å². The highest BCUT2D eigenvalue weighted by molar-refractivity contribution is 5.76. The fourth-order valence-corrected chi connectivity index (χ4v) is 2.73. The first-order valence-electron chi connectivity index (χ1n) is 9.14. The van der Waals surface area contributed by atoms with Gasteiger partial charge in [0.15, 0.2) is 0 Å². The molecule has 0 unspecified atom stereocenters. The van der Waals surface area contributed by atoms with Gasteiger partial charge in [-0.25, -0.2) is 0 Å². The maximum Gasteiger partial charge on any atom is 0.423 e. The summed E-state index contributed by atoms with van der Waals surface area (Å²) in [7, 11) is 0. The molecule has 1 amide bonds. The number of alkyl halides is 9. The molecule has 2 rings (SSSR count). The van der Waals surface area contributed by atoms with Crippen LogP contribution >= 0.6 is 0 Å². The molecule has 0 bridgehead atoms. The van der Waals surface area contributed by atoms with Gasteiger partial charge in [-0.15, -0.1) is 0 Å². The predicted molar refractivity (Wildman–Crippen MR) is 98.8 cm³/mol. The second-order valence-electron chi connectivity index (χ2n) is 7.06. The lowest BCUT2D eigenvalue weighted by Gasteiger charge is -2.32. The van der Waals surface area contributed by atoms with E-state index in [4.69, 9.17) is 0 Å². The third-order valence-electron chi connectivity index (χ3n) is 4.49. The molecule has 3 N–H and O–H groups in total. The van der Waals surface area contributed by atoms with Crippen molar-refractivity contribution in [2.75, 3.05) is 11.9 Å². The monoisotopic (exact) mass is 488 g/mol. The van der Waals surface area contributed by atoms with Gasteiger partial charge >= 0.3 is 18.5 Å². The lowest BCUT2D eigenvalue weighted by molar-refractivity contribution is -0.260. The van der Waals surface area contributed by atoms with Gasteiger partial charge in [0.25, 0.3) is 0 Å². The summed E-state index contributed by atoms with van der Waals surface area (Å²) >= 11 is 0. The summed E-state index contributed by atoms with van der Waals surface area (Å²) in [5.41, 5.74) is -5.66. The summed E-state index contributed by atoms with van der Waals surface area (Å²) < 4.78 is 116. The van der Waals surface area contributed by atoms with Crippen molar-refractivity contribution >= 4 is 11.6 Å². The zero-order chi connectivity index (χ0) is 25.1. The third-order valence-corrected chi connectivity index (χ3v) is 4.49. The van der Waals surface area contributed by atoms with E-state index in [1.54, 1.807) is 0 Å². The zero-order valence-corrected chi connectivity index (χ0v) is 16.5. The summed E-state index contributed by atoms with van der Waals surface area (Å²) in [6.07, 6.45) is -16.6. The number of aliphatic hydroxyl groups is 1. The summed E-state index contributed by atoms with van der Waals surface area (Å²) in [5.74, 6) is -1.26. The van der Waals surface area contributed by atoms with Crippen LogP contribution in [0.1, 0.15) is 23.1 Å². The van der Waals surface area contributed by atoms with Crippen LogP contribution in [0, 0.1) is 0 Å².